The molecule has 0 spiro atoms. The van der Waals surface area contributed by atoms with Crippen LogP contribution in [-0.2, 0) is 4.74 Å². The lowest BCUT2D eigenvalue weighted by Crippen LogP contribution is -2.42. The average Bonchev–Trinajstić information content (AvgIpc) is 2.80. The molecular formula is C12H25N3O2. The first-order chi connectivity index (χ1) is 8.11. The van der Waals surface area contributed by atoms with Crippen LogP contribution in [0.4, 0.5) is 0 Å². The molecule has 0 aromatic carbocycles. The fourth-order valence-electron chi connectivity index (χ4n) is 2.10. The van der Waals surface area contributed by atoms with Crippen LogP contribution >= 0.6 is 0 Å². The number of aliphatic hydroxyl groups is 1. The molecule has 5 nitrogen and oxygen atoms in total. The van der Waals surface area contributed by atoms with Gasteiger partial charge in [0.05, 0.1) is 18.0 Å². The Balaban J connectivity index is 2.07. The molecule has 5 heteroatoms. The summed E-state index contributed by atoms with van der Waals surface area (Å²) in [5.41, 5.74) is 5.95. The van der Waals surface area contributed by atoms with E-state index in [4.69, 9.17) is 15.9 Å². The van der Waals surface area contributed by atoms with Gasteiger partial charge in [-0.25, -0.2) is 0 Å². The van der Waals surface area contributed by atoms with E-state index >= 15 is 0 Å². The van der Waals surface area contributed by atoms with Gasteiger partial charge in [0.2, 0.25) is 0 Å². The molecule has 1 aliphatic rings. The van der Waals surface area contributed by atoms with Gasteiger partial charge in [-0.2, -0.15) is 0 Å². The quantitative estimate of drug-likeness (QED) is 0.299. The molecule has 5 N–H and O–H groups in total. The smallest absolute Gasteiger partial charge is 0.0952 e. The maximum atomic E-state index is 9.96. The van der Waals surface area contributed by atoms with Crippen LogP contribution in [0.5, 0.6) is 0 Å². The lowest BCUT2D eigenvalue weighted by Gasteiger charge is -2.23. The minimum atomic E-state index is -0.532. The first kappa shape index (κ1) is 14.4. The Hall–Kier alpha value is -0.650. The molecule has 17 heavy (non-hydrogen) atoms. The van der Waals surface area contributed by atoms with Crippen LogP contribution in [0.2, 0.25) is 0 Å². The second kappa shape index (κ2) is 7.63. The normalized spacial score (nSPS) is 23.4. The van der Waals surface area contributed by atoms with Crippen LogP contribution in [0, 0.1) is 5.41 Å². The third-order valence-corrected chi connectivity index (χ3v) is 3.14. The SMILES string of the molecule is CC(=N)NCCCC[C@H](N)C(O)C1CCCO1. The van der Waals surface area contributed by atoms with Crippen molar-refractivity contribution >= 4 is 5.84 Å². The molecule has 3 atom stereocenters. The van der Waals surface area contributed by atoms with Crippen molar-refractivity contribution in [1.82, 2.24) is 5.32 Å². The van der Waals surface area contributed by atoms with Gasteiger partial charge in [-0.3, -0.25) is 5.41 Å². The number of nitrogens with one attached hydrogen (secondary N) is 2. The molecule has 1 aliphatic heterocycles. The molecule has 0 radical (unpaired) electrons. The Morgan fingerprint density at radius 1 is 1.59 bits per heavy atom. The van der Waals surface area contributed by atoms with Gasteiger partial charge in [0.15, 0.2) is 0 Å². The van der Waals surface area contributed by atoms with E-state index < -0.39 is 6.10 Å². The lowest BCUT2D eigenvalue weighted by molar-refractivity contribution is -0.0155. The van der Waals surface area contributed by atoms with Gasteiger partial charge in [-0.05, 0) is 32.6 Å². The van der Waals surface area contributed by atoms with E-state index in [0.29, 0.717) is 5.84 Å². The molecule has 0 aromatic rings. The van der Waals surface area contributed by atoms with Gasteiger partial charge < -0.3 is 20.9 Å². The van der Waals surface area contributed by atoms with E-state index in [2.05, 4.69) is 5.32 Å². The molecule has 2 unspecified atom stereocenters. The summed E-state index contributed by atoms with van der Waals surface area (Å²) in [6.45, 7) is 3.28. The Morgan fingerprint density at radius 3 is 2.94 bits per heavy atom. The number of aliphatic hydroxyl groups excluding tert-OH is 1. The van der Waals surface area contributed by atoms with Crippen LogP contribution in [0.3, 0.4) is 0 Å². The zero-order chi connectivity index (χ0) is 12.7. The molecule has 0 amide bonds. The largest absolute Gasteiger partial charge is 0.389 e. The topological polar surface area (TPSA) is 91.4 Å². The summed E-state index contributed by atoms with van der Waals surface area (Å²) >= 11 is 0. The Morgan fingerprint density at radius 2 is 2.35 bits per heavy atom. The predicted molar refractivity (Wildman–Crippen MR) is 68.2 cm³/mol. The number of hydrogen-bond acceptors (Lipinski definition) is 4. The van der Waals surface area contributed by atoms with Gasteiger partial charge in [0.25, 0.3) is 0 Å². The predicted octanol–water partition coefficient (Wildman–Crippen LogP) is 0.611. The van der Waals surface area contributed by atoms with E-state index in [-0.39, 0.29) is 12.1 Å². The van der Waals surface area contributed by atoms with Crippen molar-refractivity contribution < 1.29 is 9.84 Å². The highest BCUT2D eigenvalue weighted by Crippen LogP contribution is 2.18. The van der Waals surface area contributed by atoms with Gasteiger partial charge in [-0.1, -0.05) is 6.42 Å². The molecule has 1 fully saturated rings. The summed E-state index contributed by atoms with van der Waals surface area (Å²) in [5, 5.41) is 20.1. The number of ether oxygens (including phenoxy) is 1. The summed E-state index contributed by atoms with van der Waals surface area (Å²) in [6, 6.07) is -0.195. The third kappa shape index (κ3) is 5.48. The van der Waals surface area contributed by atoms with Crippen LogP contribution < -0.4 is 11.1 Å². The van der Waals surface area contributed by atoms with Gasteiger partial charge in [0.1, 0.15) is 0 Å². The maximum absolute atomic E-state index is 9.96. The minimum absolute atomic E-state index is 0.0630. The van der Waals surface area contributed by atoms with Crippen LogP contribution in [0.25, 0.3) is 0 Å². The Bertz CT molecular complexity index is 230. The van der Waals surface area contributed by atoms with E-state index in [0.717, 1.165) is 45.3 Å². The standard InChI is InChI=1S/C12H25N3O2/c1-9(13)15-7-3-2-5-10(14)12(16)11-6-4-8-17-11/h10-12,16H,2-8,14H2,1H3,(H2,13,15)/t10-,11?,12?/m0/s1. The third-order valence-electron chi connectivity index (χ3n) is 3.14. The summed E-state index contributed by atoms with van der Waals surface area (Å²) in [6.07, 6.45) is 4.09. The second-order valence-corrected chi connectivity index (χ2v) is 4.75. The van der Waals surface area contributed by atoms with Crippen molar-refractivity contribution in [2.75, 3.05) is 13.2 Å². The second-order valence-electron chi connectivity index (χ2n) is 4.75. The lowest BCUT2D eigenvalue weighted by atomic mass is 9.99. The number of amidine groups is 1. The highest BCUT2D eigenvalue weighted by atomic mass is 16.5. The molecule has 100 valence electrons. The van der Waals surface area contributed by atoms with Gasteiger partial charge in [0, 0.05) is 19.2 Å². The summed E-state index contributed by atoms with van der Waals surface area (Å²) < 4.78 is 5.42. The Kier molecular flexibility index (Phi) is 6.47. The number of unbranched alkanes of at least 4 members (excludes halogenated alkanes) is 1. The summed E-state index contributed by atoms with van der Waals surface area (Å²) in [4.78, 5) is 0. The van der Waals surface area contributed by atoms with E-state index in [1.54, 1.807) is 6.92 Å². The minimum Gasteiger partial charge on any atom is -0.389 e. The molecule has 1 heterocycles. The highest BCUT2D eigenvalue weighted by Gasteiger charge is 2.28. The first-order valence-electron chi connectivity index (χ1n) is 6.45. The number of nitrogens with two attached hydrogens (primary N) is 1. The molecule has 0 aliphatic carbocycles. The van der Waals surface area contributed by atoms with Crippen LogP contribution in [0.1, 0.15) is 39.0 Å². The molecule has 0 saturated carbocycles. The fraction of sp³-hybridized carbons (Fsp3) is 0.917. The summed E-state index contributed by atoms with van der Waals surface area (Å²) in [5.74, 6) is 0.494. The molecular weight excluding hydrogens is 218 g/mol. The van der Waals surface area contributed by atoms with E-state index in [1.165, 1.54) is 0 Å². The van der Waals surface area contributed by atoms with Crippen molar-refractivity contribution in [1.29, 1.82) is 5.41 Å². The number of hydrogen-bond donors (Lipinski definition) is 4. The fourth-order valence-corrected chi connectivity index (χ4v) is 2.10. The van der Waals surface area contributed by atoms with Crippen molar-refractivity contribution in [3.63, 3.8) is 0 Å². The van der Waals surface area contributed by atoms with Crippen molar-refractivity contribution in [3.8, 4) is 0 Å². The zero-order valence-electron chi connectivity index (χ0n) is 10.6. The van der Waals surface area contributed by atoms with Crippen molar-refractivity contribution in [2.24, 2.45) is 5.73 Å². The average molecular weight is 243 g/mol. The molecule has 1 rings (SSSR count). The number of rotatable bonds is 7. The summed E-state index contributed by atoms with van der Waals surface area (Å²) in [7, 11) is 0. The van der Waals surface area contributed by atoms with Gasteiger partial charge >= 0.3 is 0 Å². The zero-order valence-corrected chi connectivity index (χ0v) is 10.6. The first-order valence-corrected chi connectivity index (χ1v) is 6.45. The highest BCUT2D eigenvalue weighted by molar-refractivity contribution is 5.75. The van der Waals surface area contributed by atoms with Crippen molar-refractivity contribution in [3.05, 3.63) is 0 Å². The van der Waals surface area contributed by atoms with Crippen molar-refractivity contribution in [2.45, 2.75) is 57.3 Å². The monoisotopic (exact) mass is 243 g/mol. The Labute approximate surface area is 103 Å². The van der Waals surface area contributed by atoms with Crippen LogP contribution in [-0.4, -0.2) is 42.3 Å². The van der Waals surface area contributed by atoms with E-state index in [9.17, 15) is 5.11 Å². The van der Waals surface area contributed by atoms with Crippen LogP contribution in [0.15, 0.2) is 0 Å². The maximum Gasteiger partial charge on any atom is 0.0952 e. The molecule has 0 aromatic heterocycles. The molecule has 1 saturated heterocycles. The molecule has 0 bridgehead atoms. The van der Waals surface area contributed by atoms with Gasteiger partial charge in [-0.15, -0.1) is 0 Å². The van der Waals surface area contributed by atoms with E-state index in [1.807, 2.05) is 0 Å².